The average molecular weight is 304 g/mol. The van der Waals surface area contributed by atoms with Crippen LogP contribution in [-0.4, -0.2) is 19.0 Å². The Morgan fingerprint density at radius 3 is 2.38 bits per heavy atom. The van der Waals surface area contributed by atoms with Crippen molar-refractivity contribution in [1.82, 2.24) is 0 Å². The van der Waals surface area contributed by atoms with Crippen LogP contribution in [0.3, 0.4) is 0 Å². The van der Waals surface area contributed by atoms with Crippen molar-refractivity contribution in [1.29, 1.82) is 0 Å². The Hall–Kier alpha value is -2.33. The van der Waals surface area contributed by atoms with Crippen molar-refractivity contribution in [3.05, 3.63) is 64.2 Å². The highest BCUT2D eigenvalue weighted by Gasteiger charge is 2.18. The third kappa shape index (κ3) is 3.23. The Morgan fingerprint density at radius 1 is 1.05 bits per heavy atom. The minimum Gasteiger partial charge on any atom is -0.465 e. The van der Waals surface area contributed by atoms with Crippen LogP contribution in [0.5, 0.6) is 0 Å². The predicted octanol–water partition coefficient (Wildman–Crippen LogP) is 3.69. The van der Waals surface area contributed by atoms with Gasteiger partial charge in [-0.3, -0.25) is 4.79 Å². The minimum absolute atomic E-state index is 0.215. The summed E-state index contributed by atoms with van der Waals surface area (Å²) in [5, 5.41) is 2.96. The number of rotatable bonds is 3. The molecule has 0 aromatic heterocycles. The van der Waals surface area contributed by atoms with Crippen molar-refractivity contribution in [2.24, 2.45) is 0 Å². The number of halogens is 1. The number of methoxy groups -OCH3 is 1. The number of hydrogen-bond donors (Lipinski definition) is 1. The molecule has 0 fully saturated rings. The summed E-state index contributed by atoms with van der Waals surface area (Å²) in [5.74, 6) is -0.885. The number of hydrogen-bond acceptors (Lipinski definition) is 3. The lowest BCUT2D eigenvalue weighted by molar-refractivity contribution is 0.0602. The highest BCUT2D eigenvalue weighted by atomic mass is 35.5. The molecule has 0 radical (unpaired) electrons. The quantitative estimate of drug-likeness (QED) is 0.880. The summed E-state index contributed by atoms with van der Waals surface area (Å²) in [6.07, 6.45) is 0. The summed E-state index contributed by atoms with van der Waals surface area (Å²) in [6, 6.07) is 11.9. The van der Waals surface area contributed by atoms with Crippen molar-refractivity contribution in [2.75, 3.05) is 12.4 Å². The Bertz CT molecular complexity index is 698. The smallest absolute Gasteiger partial charge is 0.340 e. The normalized spacial score (nSPS) is 10.0. The first-order valence-corrected chi connectivity index (χ1v) is 6.66. The molecule has 21 heavy (non-hydrogen) atoms. The molecule has 0 saturated carbocycles. The largest absolute Gasteiger partial charge is 0.465 e. The molecular weight excluding hydrogens is 290 g/mol. The van der Waals surface area contributed by atoms with E-state index in [0.29, 0.717) is 5.56 Å². The Labute approximate surface area is 127 Å². The first kappa shape index (κ1) is 15.1. The molecule has 1 N–H and O–H groups in total. The molecule has 0 saturated heterocycles. The SMILES string of the molecule is COC(=O)c1cccc(Cl)c1NC(=O)c1ccccc1C. The number of benzene rings is 2. The maximum absolute atomic E-state index is 12.3. The van der Waals surface area contributed by atoms with Gasteiger partial charge < -0.3 is 10.1 Å². The van der Waals surface area contributed by atoms with Crippen molar-refractivity contribution in [3.8, 4) is 0 Å². The zero-order valence-electron chi connectivity index (χ0n) is 11.6. The van der Waals surface area contributed by atoms with Gasteiger partial charge in [-0.05, 0) is 30.7 Å². The van der Waals surface area contributed by atoms with Crippen LogP contribution in [0.4, 0.5) is 5.69 Å². The molecule has 2 aromatic rings. The van der Waals surface area contributed by atoms with E-state index in [1.807, 2.05) is 19.1 Å². The number of anilines is 1. The van der Waals surface area contributed by atoms with Crippen LogP contribution in [0.1, 0.15) is 26.3 Å². The van der Waals surface area contributed by atoms with Gasteiger partial charge in [-0.2, -0.15) is 0 Å². The van der Waals surface area contributed by atoms with E-state index in [1.54, 1.807) is 30.3 Å². The lowest BCUT2D eigenvalue weighted by Crippen LogP contribution is -2.16. The van der Waals surface area contributed by atoms with E-state index in [4.69, 9.17) is 16.3 Å². The second-order valence-electron chi connectivity index (χ2n) is 4.42. The molecule has 0 heterocycles. The maximum atomic E-state index is 12.3. The van der Waals surface area contributed by atoms with E-state index >= 15 is 0 Å². The summed E-state index contributed by atoms with van der Waals surface area (Å²) < 4.78 is 4.69. The topological polar surface area (TPSA) is 55.4 Å². The Morgan fingerprint density at radius 2 is 1.71 bits per heavy atom. The number of para-hydroxylation sites is 1. The van der Waals surface area contributed by atoms with Crippen LogP contribution in [-0.2, 0) is 4.74 Å². The molecule has 5 heteroatoms. The number of carbonyl (C=O) groups is 2. The number of aryl methyl sites for hydroxylation is 1. The van der Waals surface area contributed by atoms with Crippen LogP contribution in [0.15, 0.2) is 42.5 Å². The lowest BCUT2D eigenvalue weighted by atomic mass is 10.1. The lowest BCUT2D eigenvalue weighted by Gasteiger charge is -2.12. The van der Waals surface area contributed by atoms with E-state index < -0.39 is 5.97 Å². The fraction of sp³-hybridized carbons (Fsp3) is 0.125. The van der Waals surface area contributed by atoms with Gasteiger partial charge in [-0.1, -0.05) is 35.9 Å². The van der Waals surface area contributed by atoms with Crippen LogP contribution in [0.2, 0.25) is 5.02 Å². The zero-order chi connectivity index (χ0) is 15.4. The van der Waals surface area contributed by atoms with Gasteiger partial charge in [-0.15, -0.1) is 0 Å². The Kier molecular flexibility index (Phi) is 4.60. The van der Waals surface area contributed by atoms with Crippen molar-refractivity contribution in [3.63, 3.8) is 0 Å². The molecule has 0 aliphatic rings. The van der Waals surface area contributed by atoms with E-state index in [9.17, 15) is 9.59 Å². The molecule has 2 aromatic carbocycles. The first-order chi connectivity index (χ1) is 10.0. The highest BCUT2D eigenvalue weighted by molar-refractivity contribution is 6.35. The van der Waals surface area contributed by atoms with E-state index in [0.717, 1.165) is 5.56 Å². The molecule has 2 rings (SSSR count). The highest BCUT2D eigenvalue weighted by Crippen LogP contribution is 2.27. The van der Waals surface area contributed by atoms with Gasteiger partial charge in [0.2, 0.25) is 0 Å². The monoisotopic (exact) mass is 303 g/mol. The number of esters is 1. The van der Waals surface area contributed by atoms with Crippen LogP contribution < -0.4 is 5.32 Å². The first-order valence-electron chi connectivity index (χ1n) is 6.28. The van der Waals surface area contributed by atoms with Gasteiger partial charge in [0.05, 0.1) is 23.4 Å². The number of amides is 1. The zero-order valence-corrected chi connectivity index (χ0v) is 12.4. The summed E-state index contributed by atoms with van der Waals surface area (Å²) >= 11 is 6.08. The summed E-state index contributed by atoms with van der Waals surface area (Å²) in [6.45, 7) is 1.84. The summed E-state index contributed by atoms with van der Waals surface area (Å²) in [7, 11) is 1.27. The number of ether oxygens (including phenoxy) is 1. The average Bonchev–Trinajstić information content (AvgIpc) is 2.48. The molecule has 0 bridgehead atoms. The number of nitrogens with one attached hydrogen (secondary N) is 1. The van der Waals surface area contributed by atoms with Crippen LogP contribution >= 0.6 is 11.6 Å². The molecule has 0 aliphatic carbocycles. The van der Waals surface area contributed by atoms with Crippen molar-refractivity contribution < 1.29 is 14.3 Å². The maximum Gasteiger partial charge on any atom is 0.340 e. The predicted molar refractivity (Wildman–Crippen MR) is 81.9 cm³/mol. The second kappa shape index (κ2) is 6.41. The molecule has 4 nitrogen and oxygen atoms in total. The van der Waals surface area contributed by atoms with Crippen LogP contribution in [0, 0.1) is 6.92 Å². The summed E-state index contributed by atoms with van der Waals surface area (Å²) in [5.41, 5.74) is 1.82. The molecule has 1 amide bonds. The van der Waals surface area contributed by atoms with Gasteiger partial charge >= 0.3 is 5.97 Å². The van der Waals surface area contributed by atoms with E-state index in [-0.39, 0.29) is 22.2 Å². The fourth-order valence-electron chi connectivity index (χ4n) is 1.94. The van der Waals surface area contributed by atoms with E-state index in [2.05, 4.69) is 5.32 Å². The molecule has 0 spiro atoms. The number of carbonyl (C=O) groups excluding carboxylic acids is 2. The Balaban J connectivity index is 2.38. The van der Waals surface area contributed by atoms with Crippen molar-refractivity contribution in [2.45, 2.75) is 6.92 Å². The third-order valence-corrected chi connectivity index (χ3v) is 3.36. The van der Waals surface area contributed by atoms with Gasteiger partial charge in [0.25, 0.3) is 5.91 Å². The third-order valence-electron chi connectivity index (χ3n) is 3.05. The second-order valence-corrected chi connectivity index (χ2v) is 4.83. The van der Waals surface area contributed by atoms with Crippen molar-refractivity contribution >= 4 is 29.2 Å². The molecule has 108 valence electrons. The van der Waals surface area contributed by atoms with Gasteiger partial charge in [0.1, 0.15) is 0 Å². The standard InChI is InChI=1S/C16H14ClNO3/c1-10-6-3-4-7-11(10)15(19)18-14-12(16(20)21-2)8-5-9-13(14)17/h3-9H,1-2H3,(H,18,19). The minimum atomic E-state index is -0.558. The fourth-order valence-corrected chi connectivity index (χ4v) is 2.16. The molecular formula is C16H14ClNO3. The van der Waals surface area contributed by atoms with Gasteiger partial charge in [0, 0.05) is 5.56 Å². The van der Waals surface area contributed by atoms with E-state index in [1.165, 1.54) is 7.11 Å². The molecule has 0 unspecified atom stereocenters. The summed E-state index contributed by atoms with van der Waals surface area (Å²) in [4.78, 5) is 24.1. The van der Waals surface area contributed by atoms with Gasteiger partial charge in [-0.25, -0.2) is 4.79 Å². The van der Waals surface area contributed by atoms with Gasteiger partial charge in [0.15, 0.2) is 0 Å². The molecule has 0 atom stereocenters. The van der Waals surface area contributed by atoms with Crippen LogP contribution in [0.25, 0.3) is 0 Å². The molecule has 0 aliphatic heterocycles.